The first-order chi connectivity index (χ1) is 5.00. The highest BCUT2D eigenvalue weighted by atomic mass is 19.3. The van der Waals surface area contributed by atoms with Crippen molar-refractivity contribution in [2.24, 2.45) is 11.8 Å². The zero-order valence-electron chi connectivity index (χ0n) is 7.24. The van der Waals surface area contributed by atoms with Crippen LogP contribution in [0.3, 0.4) is 0 Å². The Bertz CT molecular complexity index is 118. The van der Waals surface area contributed by atoms with Gasteiger partial charge in [0.15, 0.2) is 0 Å². The second-order valence-electron chi connectivity index (χ2n) is 3.91. The van der Waals surface area contributed by atoms with Crippen LogP contribution in [0.25, 0.3) is 0 Å². The molecule has 1 aliphatic carbocycles. The van der Waals surface area contributed by atoms with Gasteiger partial charge in [-0.1, -0.05) is 19.8 Å². The third-order valence-corrected chi connectivity index (χ3v) is 2.73. The van der Waals surface area contributed by atoms with Crippen LogP contribution in [-0.4, -0.2) is 5.92 Å². The molecule has 0 atom stereocenters. The Balaban J connectivity index is 2.39. The lowest BCUT2D eigenvalue weighted by Gasteiger charge is -2.30. The minimum Gasteiger partial charge on any atom is -0.207 e. The summed E-state index contributed by atoms with van der Waals surface area (Å²) in [6.07, 6.45) is 3.39. The third kappa shape index (κ3) is 2.42. The molecule has 0 spiro atoms. The van der Waals surface area contributed by atoms with Gasteiger partial charge in [-0.25, -0.2) is 8.78 Å². The fourth-order valence-corrected chi connectivity index (χ4v) is 1.77. The van der Waals surface area contributed by atoms with E-state index in [1.54, 1.807) is 0 Å². The van der Waals surface area contributed by atoms with E-state index in [1.165, 1.54) is 0 Å². The largest absolute Gasteiger partial charge is 0.248 e. The molecular formula is C9H16F2. The van der Waals surface area contributed by atoms with Crippen molar-refractivity contribution in [3.8, 4) is 0 Å². The van der Waals surface area contributed by atoms with Gasteiger partial charge >= 0.3 is 0 Å². The van der Waals surface area contributed by atoms with Crippen molar-refractivity contribution >= 4 is 0 Å². The van der Waals surface area contributed by atoms with Crippen LogP contribution in [0, 0.1) is 11.8 Å². The summed E-state index contributed by atoms with van der Waals surface area (Å²) in [5.41, 5.74) is 0. The first kappa shape index (κ1) is 8.95. The molecule has 0 N–H and O–H groups in total. The van der Waals surface area contributed by atoms with Crippen molar-refractivity contribution < 1.29 is 8.78 Å². The van der Waals surface area contributed by atoms with Gasteiger partial charge in [0.1, 0.15) is 0 Å². The van der Waals surface area contributed by atoms with Crippen molar-refractivity contribution in [3.63, 3.8) is 0 Å². The molecule has 1 aliphatic rings. The highest BCUT2D eigenvalue weighted by molar-refractivity contribution is 4.78. The van der Waals surface area contributed by atoms with Crippen molar-refractivity contribution in [3.05, 3.63) is 0 Å². The Morgan fingerprint density at radius 1 is 1.09 bits per heavy atom. The Kier molecular flexibility index (Phi) is 2.50. The zero-order chi connectivity index (χ0) is 8.48. The lowest BCUT2D eigenvalue weighted by atomic mass is 9.80. The summed E-state index contributed by atoms with van der Waals surface area (Å²) in [6.45, 7) is 3.19. The average molecular weight is 162 g/mol. The Morgan fingerprint density at radius 3 is 1.91 bits per heavy atom. The molecule has 0 unspecified atom stereocenters. The normalized spacial score (nSPS) is 33.8. The Hall–Kier alpha value is -0.140. The molecule has 0 heterocycles. The van der Waals surface area contributed by atoms with Crippen LogP contribution in [0.2, 0.25) is 0 Å². The molecule has 0 amide bonds. The van der Waals surface area contributed by atoms with Crippen LogP contribution in [0.4, 0.5) is 8.78 Å². The van der Waals surface area contributed by atoms with Crippen LogP contribution < -0.4 is 0 Å². The van der Waals surface area contributed by atoms with E-state index >= 15 is 0 Å². The molecule has 0 saturated heterocycles. The highest BCUT2D eigenvalue weighted by Gasteiger charge is 2.35. The standard InChI is InChI=1S/C9H16F2/c1-7-3-5-8(6-4-7)9(2,10)11/h7-8H,3-6H2,1-2H3/t7-,8-. The van der Waals surface area contributed by atoms with Gasteiger partial charge < -0.3 is 0 Å². The summed E-state index contributed by atoms with van der Waals surface area (Å²) in [6, 6.07) is 0. The van der Waals surface area contributed by atoms with E-state index in [0.717, 1.165) is 19.8 Å². The Morgan fingerprint density at radius 2 is 1.55 bits per heavy atom. The van der Waals surface area contributed by atoms with Gasteiger partial charge in [-0.3, -0.25) is 0 Å². The van der Waals surface area contributed by atoms with E-state index in [9.17, 15) is 8.78 Å². The van der Waals surface area contributed by atoms with Gasteiger partial charge in [0, 0.05) is 5.92 Å². The second-order valence-corrected chi connectivity index (χ2v) is 3.91. The van der Waals surface area contributed by atoms with Crippen molar-refractivity contribution in [1.29, 1.82) is 0 Å². The molecule has 2 heteroatoms. The van der Waals surface area contributed by atoms with Gasteiger partial charge in [-0.05, 0) is 25.7 Å². The van der Waals surface area contributed by atoms with Gasteiger partial charge in [0.25, 0.3) is 0 Å². The fraction of sp³-hybridized carbons (Fsp3) is 1.00. The molecule has 0 aromatic carbocycles. The molecule has 11 heavy (non-hydrogen) atoms. The molecule has 1 rings (SSSR count). The van der Waals surface area contributed by atoms with E-state index in [-0.39, 0.29) is 5.92 Å². The number of rotatable bonds is 1. The minimum atomic E-state index is -2.44. The molecule has 0 aromatic rings. The van der Waals surface area contributed by atoms with Gasteiger partial charge in [0.05, 0.1) is 0 Å². The van der Waals surface area contributed by atoms with E-state index in [1.807, 2.05) is 0 Å². The van der Waals surface area contributed by atoms with E-state index in [2.05, 4.69) is 6.92 Å². The zero-order valence-corrected chi connectivity index (χ0v) is 7.24. The predicted octanol–water partition coefficient (Wildman–Crippen LogP) is 3.47. The van der Waals surface area contributed by atoms with Crippen LogP contribution in [0.1, 0.15) is 39.5 Å². The summed E-state index contributed by atoms with van der Waals surface area (Å²) < 4.78 is 25.5. The van der Waals surface area contributed by atoms with E-state index < -0.39 is 5.92 Å². The summed E-state index contributed by atoms with van der Waals surface area (Å²) in [7, 11) is 0. The lowest BCUT2D eigenvalue weighted by molar-refractivity contribution is -0.0569. The molecule has 1 fully saturated rings. The van der Waals surface area contributed by atoms with Gasteiger partial charge in [-0.15, -0.1) is 0 Å². The second kappa shape index (κ2) is 3.08. The van der Waals surface area contributed by atoms with Crippen molar-refractivity contribution in [1.82, 2.24) is 0 Å². The average Bonchev–Trinajstić information content (AvgIpc) is 1.86. The maximum atomic E-state index is 12.7. The van der Waals surface area contributed by atoms with Crippen LogP contribution in [0.5, 0.6) is 0 Å². The van der Waals surface area contributed by atoms with Crippen molar-refractivity contribution in [2.45, 2.75) is 45.5 Å². The SMILES string of the molecule is CC(F)(F)[C@H]1CC[C@H](C)CC1. The third-order valence-electron chi connectivity index (χ3n) is 2.73. The molecule has 0 aliphatic heterocycles. The van der Waals surface area contributed by atoms with Gasteiger partial charge in [0.2, 0.25) is 5.92 Å². The minimum absolute atomic E-state index is 0.348. The van der Waals surface area contributed by atoms with E-state index in [4.69, 9.17) is 0 Å². The monoisotopic (exact) mass is 162 g/mol. The Labute approximate surface area is 67.0 Å². The fourth-order valence-electron chi connectivity index (χ4n) is 1.77. The smallest absolute Gasteiger partial charge is 0.207 e. The molecular weight excluding hydrogens is 146 g/mol. The van der Waals surface area contributed by atoms with Gasteiger partial charge in [-0.2, -0.15) is 0 Å². The maximum absolute atomic E-state index is 12.7. The molecule has 0 bridgehead atoms. The molecule has 66 valence electrons. The van der Waals surface area contributed by atoms with Crippen LogP contribution in [0.15, 0.2) is 0 Å². The molecule has 0 aromatic heterocycles. The number of hydrogen-bond acceptors (Lipinski definition) is 0. The molecule has 0 nitrogen and oxygen atoms in total. The summed E-state index contributed by atoms with van der Waals surface area (Å²) in [5, 5.41) is 0. The van der Waals surface area contributed by atoms with Crippen LogP contribution in [-0.2, 0) is 0 Å². The quantitative estimate of drug-likeness (QED) is 0.553. The van der Waals surface area contributed by atoms with Crippen LogP contribution >= 0.6 is 0 Å². The topological polar surface area (TPSA) is 0 Å². The summed E-state index contributed by atoms with van der Waals surface area (Å²) >= 11 is 0. The first-order valence-electron chi connectivity index (χ1n) is 4.38. The highest BCUT2D eigenvalue weighted by Crippen LogP contribution is 2.37. The first-order valence-corrected chi connectivity index (χ1v) is 4.38. The van der Waals surface area contributed by atoms with E-state index in [0.29, 0.717) is 18.8 Å². The predicted molar refractivity (Wildman–Crippen MR) is 41.7 cm³/mol. The summed E-state index contributed by atoms with van der Waals surface area (Å²) in [5.74, 6) is -2.13. The number of alkyl halides is 2. The number of halogens is 2. The maximum Gasteiger partial charge on any atom is 0.248 e. The lowest BCUT2D eigenvalue weighted by Crippen LogP contribution is -2.28. The summed E-state index contributed by atoms with van der Waals surface area (Å²) in [4.78, 5) is 0. The molecule has 1 saturated carbocycles. The number of hydrogen-bond donors (Lipinski definition) is 0. The molecule has 0 radical (unpaired) electrons. The van der Waals surface area contributed by atoms with Crippen molar-refractivity contribution in [2.75, 3.05) is 0 Å².